The molecule has 0 aromatic carbocycles. The van der Waals surface area contributed by atoms with Crippen LogP contribution in [0.3, 0.4) is 0 Å². The molecule has 0 amide bonds. The maximum atomic E-state index is 8.61. The van der Waals surface area contributed by atoms with E-state index >= 15 is 0 Å². The van der Waals surface area contributed by atoms with E-state index in [9.17, 15) is 0 Å². The summed E-state index contributed by atoms with van der Waals surface area (Å²) in [6, 6.07) is 5.69. The third kappa shape index (κ3) is 2.35. The van der Waals surface area contributed by atoms with Crippen molar-refractivity contribution in [3.05, 3.63) is 29.6 Å². The summed E-state index contributed by atoms with van der Waals surface area (Å²) in [5.41, 5.74) is 1.73. The molecule has 62 valence electrons. The second kappa shape index (κ2) is 4.50. The van der Waals surface area contributed by atoms with Crippen LogP contribution in [0.4, 0.5) is 0 Å². The second-order valence-electron chi connectivity index (χ2n) is 2.75. The van der Waals surface area contributed by atoms with Crippen LogP contribution in [0.5, 0.6) is 0 Å². The van der Waals surface area contributed by atoms with Gasteiger partial charge in [0.15, 0.2) is 0 Å². The Morgan fingerprint density at radius 3 is 3.08 bits per heavy atom. The number of aromatic nitrogens is 1. The van der Waals surface area contributed by atoms with Gasteiger partial charge in [-0.15, -0.1) is 0 Å². The number of hydrogen-bond acceptors (Lipinski definition) is 2. The number of hydrogen-bond donors (Lipinski definition) is 0. The summed E-state index contributed by atoms with van der Waals surface area (Å²) in [5, 5.41) is 8.61. The summed E-state index contributed by atoms with van der Waals surface area (Å²) in [5.74, 6) is 0. The molecule has 0 aliphatic rings. The summed E-state index contributed by atoms with van der Waals surface area (Å²) in [4.78, 5) is 4.17. The van der Waals surface area contributed by atoms with E-state index in [1.54, 1.807) is 12.3 Å². The Bertz CT molecular complexity index is 286. The lowest BCUT2D eigenvalue weighted by Gasteiger charge is -1.97. The lowest BCUT2D eigenvalue weighted by atomic mass is 10.1. The summed E-state index contributed by atoms with van der Waals surface area (Å²) in [6.45, 7) is 2.15. The third-order valence-electron chi connectivity index (χ3n) is 1.73. The fourth-order valence-corrected chi connectivity index (χ4v) is 1.04. The molecule has 1 rings (SSSR count). The molecule has 1 heterocycles. The maximum absolute atomic E-state index is 8.61. The number of pyridine rings is 1. The molecule has 1 aromatic heterocycles. The molecule has 0 spiro atoms. The molecule has 0 atom stereocenters. The predicted octanol–water partition coefficient (Wildman–Crippen LogP) is 2.30. The van der Waals surface area contributed by atoms with Crippen LogP contribution in [-0.2, 0) is 6.42 Å². The Balaban J connectivity index is 2.68. The van der Waals surface area contributed by atoms with Gasteiger partial charge in [-0.2, -0.15) is 5.26 Å². The molecule has 0 unspecified atom stereocenters. The minimum absolute atomic E-state index is 0.705. The number of unbranched alkanes of at least 4 members (excludes halogenated alkanes) is 1. The van der Waals surface area contributed by atoms with Crippen molar-refractivity contribution in [2.75, 3.05) is 0 Å². The van der Waals surface area contributed by atoms with Crippen molar-refractivity contribution in [1.29, 1.82) is 5.26 Å². The first-order chi connectivity index (χ1) is 5.86. The van der Waals surface area contributed by atoms with Gasteiger partial charge in [0.1, 0.15) is 0 Å². The first-order valence-electron chi connectivity index (χ1n) is 4.22. The number of nitriles is 1. The average molecular weight is 160 g/mol. The van der Waals surface area contributed by atoms with Crippen LogP contribution < -0.4 is 0 Å². The molecule has 0 bridgehead atoms. The third-order valence-corrected chi connectivity index (χ3v) is 1.73. The molecule has 1 aromatic rings. The molecule has 2 nitrogen and oxygen atoms in total. The molecule has 0 aliphatic heterocycles. The smallest absolute Gasteiger partial charge is 0.0992 e. The highest BCUT2D eigenvalue weighted by Crippen LogP contribution is 2.04. The predicted molar refractivity (Wildman–Crippen MR) is 47.6 cm³/mol. The molecule has 12 heavy (non-hydrogen) atoms. The molecule has 0 radical (unpaired) electrons. The minimum Gasteiger partial charge on any atom is -0.261 e. The Kier molecular flexibility index (Phi) is 3.28. The van der Waals surface area contributed by atoms with E-state index < -0.39 is 0 Å². The van der Waals surface area contributed by atoms with Crippen LogP contribution in [0.1, 0.15) is 31.0 Å². The van der Waals surface area contributed by atoms with Gasteiger partial charge in [-0.1, -0.05) is 13.3 Å². The summed E-state index contributed by atoms with van der Waals surface area (Å²) >= 11 is 0. The van der Waals surface area contributed by atoms with Gasteiger partial charge in [-0.3, -0.25) is 4.98 Å². The summed E-state index contributed by atoms with van der Waals surface area (Å²) in [6.07, 6.45) is 4.98. The van der Waals surface area contributed by atoms with Crippen molar-refractivity contribution >= 4 is 0 Å². The van der Waals surface area contributed by atoms with Gasteiger partial charge < -0.3 is 0 Å². The van der Waals surface area contributed by atoms with E-state index in [1.165, 1.54) is 6.42 Å². The molecule has 0 saturated carbocycles. The fraction of sp³-hybridized carbons (Fsp3) is 0.400. The van der Waals surface area contributed by atoms with Crippen molar-refractivity contribution in [3.63, 3.8) is 0 Å². The fourth-order valence-electron chi connectivity index (χ4n) is 1.04. The molecule has 0 N–H and O–H groups in total. The largest absolute Gasteiger partial charge is 0.261 e. The Hall–Kier alpha value is -1.36. The molecule has 2 heteroatoms. The highest BCUT2D eigenvalue weighted by molar-refractivity contribution is 5.28. The van der Waals surface area contributed by atoms with Gasteiger partial charge >= 0.3 is 0 Å². The Labute approximate surface area is 72.9 Å². The van der Waals surface area contributed by atoms with E-state index in [4.69, 9.17) is 5.26 Å². The number of rotatable bonds is 3. The molecule has 0 saturated heterocycles. The van der Waals surface area contributed by atoms with Crippen LogP contribution in [0.2, 0.25) is 0 Å². The van der Waals surface area contributed by atoms with E-state index in [0.717, 1.165) is 18.5 Å². The SMILES string of the molecule is CCCCc1cc(C#N)ccn1. The van der Waals surface area contributed by atoms with E-state index in [0.29, 0.717) is 5.56 Å². The van der Waals surface area contributed by atoms with Crippen molar-refractivity contribution in [1.82, 2.24) is 4.98 Å². The van der Waals surface area contributed by atoms with Crippen LogP contribution >= 0.6 is 0 Å². The molecule has 0 fully saturated rings. The van der Waals surface area contributed by atoms with Crippen molar-refractivity contribution in [2.24, 2.45) is 0 Å². The van der Waals surface area contributed by atoms with Crippen LogP contribution in [-0.4, -0.2) is 4.98 Å². The van der Waals surface area contributed by atoms with Gasteiger partial charge in [-0.05, 0) is 25.0 Å². The monoisotopic (exact) mass is 160 g/mol. The lowest BCUT2D eigenvalue weighted by molar-refractivity contribution is 0.776. The number of nitrogens with zero attached hydrogens (tertiary/aromatic N) is 2. The molecular formula is C10H12N2. The van der Waals surface area contributed by atoms with Crippen LogP contribution in [0.15, 0.2) is 18.3 Å². The summed E-state index contributed by atoms with van der Waals surface area (Å²) in [7, 11) is 0. The first kappa shape index (κ1) is 8.73. The highest BCUT2D eigenvalue weighted by atomic mass is 14.7. The second-order valence-corrected chi connectivity index (χ2v) is 2.75. The first-order valence-corrected chi connectivity index (χ1v) is 4.22. The van der Waals surface area contributed by atoms with Gasteiger partial charge in [0.2, 0.25) is 0 Å². The Morgan fingerprint density at radius 2 is 2.42 bits per heavy atom. The van der Waals surface area contributed by atoms with Crippen LogP contribution in [0, 0.1) is 11.3 Å². The minimum atomic E-state index is 0.705. The molecular weight excluding hydrogens is 148 g/mol. The lowest BCUT2D eigenvalue weighted by Crippen LogP contribution is -1.89. The number of aryl methyl sites for hydroxylation is 1. The average Bonchev–Trinajstić information content (AvgIpc) is 2.15. The highest BCUT2D eigenvalue weighted by Gasteiger charge is 1.95. The van der Waals surface area contributed by atoms with E-state index in [1.807, 2.05) is 6.07 Å². The molecule has 0 aliphatic carbocycles. The van der Waals surface area contributed by atoms with Crippen molar-refractivity contribution in [2.45, 2.75) is 26.2 Å². The van der Waals surface area contributed by atoms with Crippen molar-refractivity contribution < 1.29 is 0 Å². The van der Waals surface area contributed by atoms with Gasteiger partial charge in [0, 0.05) is 11.9 Å². The zero-order chi connectivity index (χ0) is 8.81. The van der Waals surface area contributed by atoms with E-state index in [-0.39, 0.29) is 0 Å². The maximum Gasteiger partial charge on any atom is 0.0992 e. The van der Waals surface area contributed by atoms with Gasteiger partial charge in [0.25, 0.3) is 0 Å². The van der Waals surface area contributed by atoms with E-state index in [2.05, 4.69) is 18.0 Å². The van der Waals surface area contributed by atoms with Gasteiger partial charge in [-0.25, -0.2) is 0 Å². The topological polar surface area (TPSA) is 36.7 Å². The van der Waals surface area contributed by atoms with Crippen LogP contribution in [0.25, 0.3) is 0 Å². The zero-order valence-corrected chi connectivity index (χ0v) is 7.25. The van der Waals surface area contributed by atoms with Gasteiger partial charge in [0.05, 0.1) is 11.6 Å². The zero-order valence-electron chi connectivity index (χ0n) is 7.25. The normalized spacial score (nSPS) is 9.33. The Morgan fingerprint density at radius 1 is 1.58 bits per heavy atom. The standard InChI is InChI=1S/C10H12N2/c1-2-3-4-10-7-9(8-11)5-6-12-10/h5-7H,2-4H2,1H3. The van der Waals surface area contributed by atoms with Crippen molar-refractivity contribution in [3.8, 4) is 6.07 Å². The summed E-state index contributed by atoms with van der Waals surface area (Å²) < 4.78 is 0. The quantitative estimate of drug-likeness (QED) is 0.680.